The lowest BCUT2D eigenvalue weighted by atomic mass is 10.4. The van der Waals surface area contributed by atoms with Crippen LogP contribution in [-0.2, 0) is 0 Å². The molecule has 60 valence electrons. The molecule has 10 heavy (non-hydrogen) atoms. The highest BCUT2D eigenvalue weighted by atomic mass is 28.3. The van der Waals surface area contributed by atoms with Gasteiger partial charge >= 0.3 is 0 Å². The van der Waals surface area contributed by atoms with Gasteiger partial charge in [-0.25, -0.2) is 0 Å². The first-order chi connectivity index (χ1) is 4.45. The van der Waals surface area contributed by atoms with Crippen molar-refractivity contribution in [2.75, 3.05) is 0 Å². The number of rotatable bonds is 3. The molecule has 0 saturated heterocycles. The lowest BCUT2D eigenvalue weighted by Gasteiger charge is -2.17. The Morgan fingerprint density at radius 3 is 2.20 bits per heavy atom. The van der Waals surface area contributed by atoms with Gasteiger partial charge in [0.2, 0.25) is 0 Å². The molecule has 0 aliphatic carbocycles. The van der Waals surface area contributed by atoms with Crippen LogP contribution in [0.25, 0.3) is 0 Å². The number of aliphatic hydroxyl groups is 1. The van der Waals surface area contributed by atoms with Crippen LogP contribution >= 0.6 is 0 Å². The van der Waals surface area contributed by atoms with Gasteiger partial charge in [-0.15, -0.1) is 0 Å². The van der Waals surface area contributed by atoms with Gasteiger partial charge in [0.05, 0.1) is 6.10 Å². The van der Waals surface area contributed by atoms with Crippen molar-refractivity contribution in [3.8, 4) is 0 Å². The summed E-state index contributed by atoms with van der Waals surface area (Å²) in [5.41, 5.74) is 0. The molecular formula is C8H18OSi. The monoisotopic (exact) mass is 158 g/mol. The summed E-state index contributed by atoms with van der Waals surface area (Å²) >= 11 is 0. The minimum Gasteiger partial charge on any atom is -0.389 e. The van der Waals surface area contributed by atoms with Crippen molar-refractivity contribution in [3.05, 3.63) is 12.2 Å². The minimum absolute atomic E-state index is 0.211. The van der Waals surface area contributed by atoms with Crippen molar-refractivity contribution < 1.29 is 5.11 Å². The number of aliphatic hydroxyl groups excluding tert-OH is 1. The molecule has 0 spiro atoms. The first-order valence-corrected chi connectivity index (χ1v) is 7.47. The molecule has 0 aliphatic heterocycles. The maximum absolute atomic E-state index is 9.33. The molecule has 0 heterocycles. The van der Waals surface area contributed by atoms with Crippen LogP contribution in [0.15, 0.2) is 12.2 Å². The summed E-state index contributed by atoms with van der Waals surface area (Å²) < 4.78 is 0. The van der Waals surface area contributed by atoms with E-state index in [-0.39, 0.29) is 6.10 Å². The second-order valence-electron chi connectivity index (χ2n) is 3.86. The Morgan fingerprint density at radius 2 is 1.90 bits per heavy atom. The summed E-state index contributed by atoms with van der Waals surface area (Å²) in [4.78, 5) is 0. The molecule has 0 aromatic rings. The normalized spacial score (nSPS) is 16.1. The molecule has 2 heteroatoms. The minimum atomic E-state index is -1.06. The van der Waals surface area contributed by atoms with Crippen LogP contribution in [0.4, 0.5) is 0 Å². The molecule has 1 N–H and O–H groups in total. The molecule has 0 aromatic heterocycles. The maximum atomic E-state index is 9.33. The molecule has 0 amide bonds. The van der Waals surface area contributed by atoms with Gasteiger partial charge in [-0.2, -0.15) is 0 Å². The highest BCUT2D eigenvalue weighted by Crippen LogP contribution is 2.11. The third kappa shape index (κ3) is 6.04. The van der Waals surface area contributed by atoms with Crippen molar-refractivity contribution in [1.29, 1.82) is 0 Å². The van der Waals surface area contributed by atoms with E-state index in [0.29, 0.717) is 0 Å². The van der Waals surface area contributed by atoms with E-state index in [1.807, 2.05) is 19.1 Å². The molecule has 0 saturated carbocycles. The van der Waals surface area contributed by atoms with E-state index in [1.165, 1.54) is 0 Å². The van der Waals surface area contributed by atoms with Crippen LogP contribution in [0.3, 0.4) is 0 Å². The van der Waals surface area contributed by atoms with Crippen LogP contribution in [0.5, 0.6) is 0 Å². The fraction of sp³-hybridized carbons (Fsp3) is 0.750. The first-order valence-electron chi connectivity index (χ1n) is 3.76. The highest BCUT2D eigenvalue weighted by Gasteiger charge is 2.16. The van der Waals surface area contributed by atoms with Crippen molar-refractivity contribution in [2.45, 2.75) is 38.7 Å². The van der Waals surface area contributed by atoms with Gasteiger partial charge in [0.15, 0.2) is 0 Å². The Balaban J connectivity index is 3.68. The summed E-state index contributed by atoms with van der Waals surface area (Å²) in [6.07, 6.45) is 3.56. The topological polar surface area (TPSA) is 20.2 Å². The van der Waals surface area contributed by atoms with Crippen LogP contribution in [-0.4, -0.2) is 19.3 Å². The van der Waals surface area contributed by atoms with Gasteiger partial charge in [-0.1, -0.05) is 31.8 Å². The number of hydrogen-bond donors (Lipinski definition) is 1. The Kier molecular flexibility index (Phi) is 3.90. The average molecular weight is 158 g/mol. The van der Waals surface area contributed by atoms with Gasteiger partial charge in [0.25, 0.3) is 0 Å². The summed E-state index contributed by atoms with van der Waals surface area (Å²) in [5.74, 6) is 0. The molecular weight excluding hydrogens is 140 g/mol. The first kappa shape index (κ1) is 9.92. The van der Waals surface area contributed by atoms with Crippen molar-refractivity contribution >= 4 is 8.07 Å². The van der Waals surface area contributed by atoms with E-state index < -0.39 is 8.07 Å². The zero-order valence-electron chi connectivity index (χ0n) is 7.39. The smallest absolute Gasteiger partial charge is 0.0697 e. The van der Waals surface area contributed by atoms with Crippen molar-refractivity contribution in [2.24, 2.45) is 0 Å². The van der Waals surface area contributed by atoms with Crippen LogP contribution in [0, 0.1) is 0 Å². The highest BCUT2D eigenvalue weighted by molar-refractivity contribution is 6.76. The van der Waals surface area contributed by atoms with Gasteiger partial charge < -0.3 is 5.11 Å². The lowest BCUT2D eigenvalue weighted by molar-refractivity contribution is 0.242. The summed E-state index contributed by atoms with van der Waals surface area (Å²) in [6, 6.07) is 0.970. The van der Waals surface area contributed by atoms with Crippen molar-refractivity contribution in [1.82, 2.24) is 0 Å². The fourth-order valence-corrected chi connectivity index (χ4v) is 2.31. The molecule has 0 bridgehead atoms. The fourth-order valence-electron chi connectivity index (χ4n) is 0.918. The zero-order chi connectivity index (χ0) is 8.20. The predicted octanol–water partition coefficient (Wildman–Crippen LogP) is 2.26. The van der Waals surface area contributed by atoms with Gasteiger partial charge in [0, 0.05) is 8.07 Å². The molecule has 0 rings (SSSR count). The number of allylic oxidation sites excluding steroid dienone is 1. The second-order valence-corrected chi connectivity index (χ2v) is 9.39. The van der Waals surface area contributed by atoms with E-state index in [4.69, 9.17) is 0 Å². The van der Waals surface area contributed by atoms with Gasteiger partial charge in [-0.05, 0) is 13.0 Å². The van der Waals surface area contributed by atoms with Crippen molar-refractivity contribution in [3.63, 3.8) is 0 Å². The quantitative estimate of drug-likeness (QED) is 0.493. The summed E-state index contributed by atoms with van der Waals surface area (Å²) in [7, 11) is -1.06. The van der Waals surface area contributed by atoms with E-state index in [0.717, 1.165) is 6.04 Å². The largest absolute Gasteiger partial charge is 0.389 e. The number of hydrogen-bond acceptors (Lipinski definition) is 1. The molecule has 0 fully saturated rings. The third-order valence-electron chi connectivity index (χ3n) is 1.24. The Hall–Kier alpha value is -0.0831. The van der Waals surface area contributed by atoms with E-state index in [2.05, 4.69) is 19.6 Å². The van der Waals surface area contributed by atoms with E-state index in [9.17, 15) is 5.11 Å². The second kappa shape index (κ2) is 3.94. The average Bonchev–Trinajstić information content (AvgIpc) is 1.59. The van der Waals surface area contributed by atoms with Crippen LogP contribution < -0.4 is 0 Å². The van der Waals surface area contributed by atoms with E-state index >= 15 is 0 Å². The summed E-state index contributed by atoms with van der Waals surface area (Å²) in [6.45, 7) is 8.73. The third-order valence-corrected chi connectivity index (χ3v) is 2.88. The Labute approximate surface area is 64.8 Å². The molecule has 1 nitrogen and oxygen atoms in total. The molecule has 1 atom stereocenters. The van der Waals surface area contributed by atoms with Gasteiger partial charge in [0.1, 0.15) is 0 Å². The predicted molar refractivity (Wildman–Crippen MR) is 49.0 cm³/mol. The van der Waals surface area contributed by atoms with Gasteiger partial charge in [-0.3, -0.25) is 0 Å². The lowest BCUT2D eigenvalue weighted by Crippen LogP contribution is -2.25. The molecule has 0 aromatic carbocycles. The maximum Gasteiger partial charge on any atom is 0.0697 e. The summed E-state index contributed by atoms with van der Waals surface area (Å²) in [5, 5.41) is 9.33. The Bertz CT molecular complexity index is 113. The van der Waals surface area contributed by atoms with Crippen LogP contribution in [0.2, 0.25) is 25.7 Å². The van der Waals surface area contributed by atoms with Crippen LogP contribution in [0.1, 0.15) is 6.92 Å². The standard InChI is InChI=1S/C8H18OSi/c1-5-6-8(9)7-10(2,3)4/h5-6,8-9H,7H2,1-4H3/b6-5+. The molecule has 0 aliphatic rings. The van der Waals surface area contributed by atoms with E-state index in [1.54, 1.807) is 0 Å². The SMILES string of the molecule is C/C=C/C(O)C[Si](C)(C)C. The molecule has 1 unspecified atom stereocenters. The Morgan fingerprint density at radius 1 is 1.40 bits per heavy atom. The molecule has 0 radical (unpaired) electrons. The zero-order valence-corrected chi connectivity index (χ0v) is 8.39.